The third-order valence-corrected chi connectivity index (χ3v) is 7.94. The van der Waals surface area contributed by atoms with Crippen molar-refractivity contribution in [2.24, 2.45) is 5.92 Å². The molecule has 2 aliphatic heterocycles. The highest BCUT2D eigenvalue weighted by atomic mass is 32.2. The number of aromatic nitrogens is 2. The van der Waals surface area contributed by atoms with Gasteiger partial charge in [0.15, 0.2) is 0 Å². The summed E-state index contributed by atoms with van der Waals surface area (Å²) >= 11 is 0. The maximum Gasteiger partial charge on any atom is 0.410 e. The van der Waals surface area contributed by atoms with Crippen LogP contribution in [0.5, 0.6) is 0 Å². The summed E-state index contributed by atoms with van der Waals surface area (Å²) in [6, 6.07) is 10.8. The molecule has 3 heterocycles. The van der Waals surface area contributed by atoms with Crippen molar-refractivity contribution in [2.75, 3.05) is 37.3 Å². The van der Waals surface area contributed by atoms with Crippen LogP contribution in [-0.2, 0) is 28.6 Å². The number of rotatable bonds is 5. The molecule has 37 heavy (non-hydrogen) atoms. The molecule has 1 N–H and O–H groups in total. The third-order valence-electron chi connectivity index (χ3n) is 7.24. The Balaban J connectivity index is 1.40. The van der Waals surface area contributed by atoms with E-state index in [2.05, 4.69) is 16.0 Å². The second-order valence-electron chi connectivity index (χ2n) is 9.60. The minimum atomic E-state index is -1.47. The van der Waals surface area contributed by atoms with E-state index in [0.29, 0.717) is 50.5 Å². The normalized spacial score (nSPS) is 23.2. The molecule has 0 spiro atoms. The number of likely N-dealkylation sites (tertiary alicyclic amines) is 1. The molecule has 11 nitrogen and oxygen atoms in total. The van der Waals surface area contributed by atoms with Crippen molar-refractivity contribution in [3.05, 3.63) is 47.2 Å². The van der Waals surface area contributed by atoms with Crippen LogP contribution in [0.15, 0.2) is 35.5 Å². The Morgan fingerprint density at radius 1 is 1.19 bits per heavy atom. The number of piperazine rings is 1. The lowest BCUT2D eigenvalue weighted by atomic mass is 9.87. The first-order valence-electron chi connectivity index (χ1n) is 12.2. The molecule has 194 valence electrons. The van der Waals surface area contributed by atoms with Gasteiger partial charge in [-0.15, -0.1) is 0 Å². The second-order valence-corrected chi connectivity index (χ2v) is 10.9. The maximum atomic E-state index is 12.9. The smallest absolute Gasteiger partial charge is 0.410 e. The van der Waals surface area contributed by atoms with Crippen molar-refractivity contribution in [1.29, 1.82) is 5.26 Å². The fourth-order valence-electron chi connectivity index (χ4n) is 5.53. The lowest BCUT2D eigenvalue weighted by Crippen LogP contribution is -2.55. The number of hydrogen-bond acceptors (Lipinski definition) is 8. The van der Waals surface area contributed by atoms with Crippen LogP contribution in [0, 0.1) is 17.2 Å². The Bertz CT molecular complexity index is 1270. The summed E-state index contributed by atoms with van der Waals surface area (Å²) in [5, 5.41) is 19.3. The van der Waals surface area contributed by atoms with Gasteiger partial charge in [-0.25, -0.2) is 19.6 Å². The molecule has 4 atom stereocenters. The van der Waals surface area contributed by atoms with E-state index in [-0.39, 0.29) is 30.1 Å². The zero-order valence-corrected chi connectivity index (χ0v) is 21.3. The van der Waals surface area contributed by atoms with E-state index in [1.807, 2.05) is 35.2 Å². The summed E-state index contributed by atoms with van der Waals surface area (Å²) < 4.78 is 17.9. The first-order valence-corrected chi connectivity index (χ1v) is 13.7. The molecule has 0 saturated carbocycles. The van der Waals surface area contributed by atoms with Crippen LogP contribution in [0.2, 0.25) is 0 Å². The van der Waals surface area contributed by atoms with Crippen LogP contribution in [-0.4, -0.2) is 79.7 Å². The van der Waals surface area contributed by atoms with Crippen LogP contribution in [0.25, 0.3) is 0 Å². The molecule has 5 rings (SSSR count). The van der Waals surface area contributed by atoms with Crippen molar-refractivity contribution >= 4 is 28.8 Å². The first kappa shape index (κ1) is 25.0. The molecule has 2 saturated heterocycles. The van der Waals surface area contributed by atoms with Crippen molar-refractivity contribution < 1.29 is 23.6 Å². The number of carboxylic acid groups (broad SMARTS) is 1. The quantitative estimate of drug-likeness (QED) is 0.584. The first-order chi connectivity index (χ1) is 17.9. The Hall–Kier alpha value is -3.72. The van der Waals surface area contributed by atoms with Gasteiger partial charge < -0.3 is 19.6 Å². The molecule has 12 heteroatoms. The number of ether oxygens (including phenoxy) is 1. The molecule has 2 aromatic rings. The van der Waals surface area contributed by atoms with Crippen molar-refractivity contribution in [3.63, 3.8) is 0 Å². The van der Waals surface area contributed by atoms with Crippen LogP contribution in [0.4, 0.5) is 15.4 Å². The minimum absolute atomic E-state index is 0.120. The Morgan fingerprint density at radius 2 is 1.97 bits per heavy atom. The Morgan fingerprint density at radius 3 is 2.68 bits per heavy atom. The molecule has 2 unspecified atom stereocenters. The van der Waals surface area contributed by atoms with Gasteiger partial charge in [0.25, 0.3) is 0 Å². The Kier molecular flexibility index (Phi) is 6.97. The van der Waals surface area contributed by atoms with E-state index in [1.165, 1.54) is 11.2 Å². The minimum Gasteiger partial charge on any atom is -0.465 e. The van der Waals surface area contributed by atoms with Gasteiger partial charge in [0.05, 0.1) is 41.1 Å². The molecule has 0 radical (unpaired) electrons. The van der Waals surface area contributed by atoms with Crippen LogP contribution < -0.4 is 4.90 Å². The average molecular weight is 525 g/mol. The number of nitrogens with zero attached hydrogens (tertiary/aromatic N) is 6. The molecular weight excluding hydrogens is 496 g/mol. The third kappa shape index (κ3) is 4.96. The number of benzene rings is 1. The van der Waals surface area contributed by atoms with E-state index in [4.69, 9.17) is 4.74 Å². The number of carbonyl (C=O) groups is 2. The summed E-state index contributed by atoms with van der Waals surface area (Å²) in [4.78, 5) is 39.0. The summed E-state index contributed by atoms with van der Waals surface area (Å²) in [6.45, 7) is 1.70. The van der Waals surface area contributed by atoms with Gasteiger partial charge in [-0.3, -0.25) is 9.11 Å². The van der Waals surface area contributed by atoms with Gasteiger partial charge in [-0.2, -0.15) is 5.26 Å². The van der Waals surface area contributed by atoms with E-state index in [1.54, 1.807) is 4.90 Å². The van der Waals surface area contributed by atoms with Gasteiger partial charge >= 0.3 is 12.2 Å². The van der Waals surface area contributed by atoms with Crippen molar-refractivity contribution in [2.45, 2.75) is 43.1 Å². The predicted octanol–water partition coefficient (Wildman–Crippen LogP) is 2.55. The zero-order chi connectivity index (χ0) is 26.1. The largest absolute Gasteiger partial charge is 0.465 e. The second kappa shape index (κ2) is 10.3. The highest BCUT2D eigenvalue weighted by Gasteiger charge is 2.45. The lowest BCUT2D eigenvalue weighted by molar-refractivity contribution is 0.0767. The molecule has 1 aromatic heterocycles. The monoisotopic (exact) mass is 524 g/mol. The SMILES string of the molecule is CS(=O)c1nc2c(c(N3CCN(C(=O)OCc4ccccc4)C(CC#N)C3)n1)C[C@H]1C[C@@H]2N(C(=O)O)C1. The zero-order valence-electron chi connectivity index (χ0n) is 20.4. The highest BCUT2D eigenvalue weighted by Crippen LogP contribution is 2.45. The number of amides is 2. The molecular formula is C25H28N6O5S. The molecule has 2 bridgehead atoms. The van der Waals surface area contributed by atoms with Crippen LogP contribution >= 0.6 is 0 Å². The van der Waals surface area contributed by atoms with Gasteiger partial charge in [0.1, 0.15) is 12.4 Å². The number of fused-ring (bicyclic) bond motifs is 4. The van der Waals surface area contributed by atoms with Crippen molar-refractivity contribution in [1.82, 2.24) is 19.8 Å². The number of anilines is 1. The van der Waals surface area contributed by atoms with Gasteiger partial charge in [0.2, 0.25) is 5.16 Å². The van der Waals surface area contributed by atoms with Gasteiger partial charge in [0, 0.05) is 38.0 Å². The molecule has 1 aromatic carbocycles. The number of carbonyl (C=O) groups excluding carboxylic acids is 1. The molecule has 2 amide bonds. The number of hydrogen-bond donors (Lipinski definition) is 1. The van der Waals surface area contributed by atoms with E-state index in [9.17, 15) is 24.2 Å². The van der Waals surface area contributed by atoms with Gasteiger partial charge in [-0.05, 0) is 24.3 Å². The average Bonchev–Trinajstić information content (AvgIpc) is 3.25. The summed E-state index contributed by atoms with van der Waals surface area (Å²) in [6.07, 6.45) is 1.47. The van der Waals surface area contributed by atoms with Crippen LogP contribution in [0.1, 0.15) is 35.7 Å². The Labute approximate surface area is 217 Å². The predicted molar refractivity (Wildman–Crippen MR) is 133 cm³/mol. The van der Waals surface area contributed by atoms with Crippen LogP contribution in [0.3, 0.4) is 0 Å². The summed E-state index contributed by atoms with van der Waals surface area (Å²) in [5.41, 5.74) is 2.37. The summed E-state index contributed by atoms with van der Waals surface area (Å²) in [5.74, 6) is 0.787. The molecule has 1 aliphatic carbocycles. The topological polar surface area (TPSA) is 140 Å². The van der Waals surface area contributed by atoms with E-state index >= 15 is 0 Å². The van der Waals surface area contributed by atoms with Gasteiger partial charge in [-0.1, -0.05) is 30.3 Å². The maximum absolute atomic E-state index is 12.9. The fraction of sp³-hybridized carbons (Fsp3) is 0.480. The number of nitriles is 1. The molecule has 2 fully saturated rings. The summed E-state index contributed by atoms with van der Waals surface area (Å²) in [7, 11) is -1.47. The highest BCUT2D eigenvalue weighted by molar-refractivity contribution is 7.84. The van der Waals surface area contributed by atoms with E-state index < -0.39 is 29.0 Å². The standard InChI is InChI=1S/C25H28N6O5S/c1-37(35)23-27-21-19(11-17-12-20(21)31(13-17)24(32)33)22(28-23)29-9-10-30(18(14-29)7-8-26)25(34)36-15-16-5-3-2-4-6-16/h2-6,17-18,20H,7,9-15H2,1H3,(H,32,33)/t17-,18?,20-,37?/m0/s1. The van der Waals surface area contributed by atoms with Crippen molar-refractivity contribution in [3.8, 4) is 6.07 Å². The van der Waals surface area contributed by atoms with E-state index in [0.717, 1.165) is 11.1 Å². The lowest BCUT2D eigenvalue weighted by Gasteiger charge is -2.41. The fourth-order valence-corrected chi connectivity index (χ4v) is 5.97. The molecule has 3 aliphatic rings.